The normalized spacial score (nSPS) is 18.1. The van der Waals surface area contributed by atoms with Crippen molar-refractivity contribution in [2.24, 2.45) is 5.41 Å². The van der Waals surface area contributed by atoms with E-state index in [-0.39, 0.29) is 50.7 Å². The molecule has 17 nitrogen and oxygen atoms in total. The summed E-state index contributed by atoms with van der Waals surface area (Å²) in [5.41, 5.74) is 7.57. The summed E-state index contributed by atoms with van der Waals surface area (Å²) in [4.78, 5) is 84.2. The number of hydrogen-bond donors (Lipinski definition) is 6. The number of anilines is 1. The minimum atomic E-state index is -1.01. The van der Waals surface area contributed by atoms with Crippen molar-refractivity contribution in [1.82, 2.24) is 50.5 Å². The van der Waals surface area contributed by atoms with Crippen LogP contribution >= 0.6 is 11.3 Å². The number of thiazole rings is 1. The quantitative estimate of drug-likeness (QED) is 0.0737. The van der Waals surface area contributed by atoms with Crippen molar-refractivity contribution in [1.29, 1.82) is 0 Å². The number of aryl methyl sites for hydroxylation is 1. The van der Waals surface area contributed by atoms with Crippen LogP contribution in [-0.2, 0) is 38.8 Å². The van der Waals surface area contributed by atoms with Crippen LogP contribution in [0.1, 0.15) is 87.2 Å². The van der Waals surface area contributed by atoms with Gasteiger partial charge in [-0.2, -0.15) is 5.10 Å². The number of β-amino-alcohol motifs (C(OH)–C–C–N with tert-alkyl or cyclic N) is 1. The summed E-state index contributed by atoms with van der Waals surface area (Å²) in [6, 6.07) is 17.4. The Balaban J connectivity index is 0.786. The molecule has 0 radical (unpaired) electrons. The van der Waals surface area contributed by atoms with Gasteiger partial charge in [0.05, 0.1) is 58.0 Å². The molecule has 67 heavy (non-hydrogen) atoms. The topological polar surface area (TPSA) is 220 Å². The number of likely N-dealkylation sites (tertiary alicyclic amines) is 2. The predicted molar refractivity (Wildman–Crippen MR) is 257 cm³/mol. The summed E-state index contributed by atoms with van der Waals surface area (Å²) < 4.78 is 1.74. The van der Waals surface area contributed by atoms with E-state index >= 15 is 0 Å². The highest BCUT2D eigenvalue weighted by molar-refractivity contribution is 7.13. The molecule has 18 heteroatoms. The van der Waals surface area contributed by atoms with E-state index in [0.29, 0.717) is 23.8 Å². The van der Waals surface area contributed by atoms with Crippen molar-refractivity contribution in [3.05, 3.63) is 95.0 Å². The van der Waals surface area contributed by atoms with Gasteiger partial charge in [-0.25, -0.2) is 9.97 Å². The van der Waals surface area contributed by atoms with Crippen LogP contribution < -0.4 is 21.3 Å². The molecule has 2 aliphatic heterocycles. The fourth-order valence-electron chi connectivity index (χ4n) is 8.88. The van der Waals surface area contributed by atoms with Gasteiger partial charge in [0.15, 0.2) is 0 Å². The number of aromatic amines is 1. The molecule has 5 amide bonds. The summed E-state index contributed by atoms with van der Waals surface area (Å²) >= 11 is 1.56. The van der Waals surface area contributed by atoms with E-state index in [4.69, 9.17) is 4.98 Å². The lowest BCUT2D eigenvalue weighted by molar-refractivity contribution is -0.144. The monoisotopic (exact) mass is 929 g/mol. The SMILES string of the molecule is Cc1ncsc1-c1ccc(CNC(=O)[C@@H]2C[C@@H](O)CN2C(=O)[C@@H](NC(=O)CCC(=O)NCCn2ncc3cc(C(=O)Nc4ccc5nc(CN6CCC[C@@H]6C)[nH]c5c4)ccc32)C(C)(C)C)cc1. The van der Waals surface area contributed by atoms with Gasteiger partial charge >= 0.3 is 0 Å². The number of fused-ring (bicyclic) bond motifs is 2. The van der Waals surface area contributed by atoms with Crippen molar-refractivity contribution < 1.29 is 29.1 Å². The molecule has 4 atom stereocenters. The highest BCUT2D eigenvalue weighted by atomic mass is 32.1. The molecule has 0 aliphatic carbocycles. The molecular weight excluding hydrogens is 871 g/mol. The molecule has 0 unspecified atom stereocenters. The molecule has 0 bridgehead atoms. The second kappa shape index (κ2) is 20.2. The van der Waals surface area contributed by atoms with E-state index in [0.717, 1.165) is 62.5 Å². The molecule has 2 aliphatic rings. The van der Waals surface area contributed by atoms with Gasteiger partial charge in [0.2, 0.25) is 23.6 Å². The fourth-order valence-corrected chi connectivity index (χ4v) is 9.69. The van der Waals surface area contributed by atoms with Crippen LogP contribution in [0.15, 0.2) is 72.4 Å². The molecule has 352 valence electrons. The molecule has 0 saturated carbocycles. The molecule has 2 saturated heterocycles. The van der Waals surface area contributed by atoms with Crippen molar-refractivity contribution in [3.8, 4) is 10.4 Å². The Labute approximate surface area is 393 Å². The molecule has 2 fully saturated rings. The largest absolute Gasteiger partial charge is 0.391 e. The van der Waals surface area contributed by atoms with Crippen molar-refractivity contribution in [2.75, 3.05) is 25.0 Å². The number of nitrogens with zero attached hydrogens (tertiary/aromatic N) is 6. The Morgan fingerprint density at radius 2 is 1.78 bits per heavy atom. The fraction of sp³-hybridized carbons (Fsp3) is 0.429. The number of carbonyl (C=O) groups is 5. The standard InChI is InChI=1S/C49H59N11O6S/c1-29-7-6-19-58(29)27-41-55-37-14-13-35(22-38(37)56-41)54-46(64)33-12-15-39-34(21-33)25-53-60(39)20-18-50-42(62)16-17-43(63)57-45(49(3,4)5)48(66)59-26-36(61)23-40(59)47(65)51-24-31-8-10-32(11-9-31)44-30(2)52-28-67-44/h8-15,21-22,25,28-29,36,40,45,61H,6-7,16-20,23-24,26-27H2,1-5H3,(H,50,62)(H,51,65)(H,54,64)(H,55,56)(H,57,63)/t29-,36+,40-,45+/m0/s1. The maximum atomic E-state index is 14.0. The lowest BCUT2D eigenvalue weighted by Crippen LogP contribution is -2.57. The second-order valence-electron chi connectivity index (χ2n) is 18.8. The smallest absolute Gasteiger partial charge is 0.255 e. The lowest BCUT2D eigenvalue weighted by Gasteiger charge is -2.35. The van der Waals surface area contributed by atoms with Gasteiger partial charge < -0.3 is 36.3 Å². The molecule has 3 aromatic carbocycles. The zero-order valence-corrected chi connectivity index (χ0v) is 39.4. The van der Waals surface area contributed by atoms with Gasteiger partial charge in [0, 0.05) is 61.6 Å². The number of imidazole rings is 1. The van der Waals surface area contributed by atoms with Crippen LogP contribution in [0.3, 0.4) is 0 Å². The first kappa shape index (κ1) is 47.0. The van der Waals surface area contributed by atoms with Crippen LogP contribution in [0.5, 0.6) is 0 Å². The van der Waals surface area contributed by atoms with Crippen molar-refractivity contribution >= 4 is 68.5 Å². The van der Waals surface area contributed by atoms with Crippen molar-refractivity contribution in [3.63, 3.8) is 0 Å². The first-order chi connectivity index (χ1) is 32.1. The summed E-state index contributed by atoms with van der Waals surface area (Å²) in [7, 11) is 0. The summed E-state index contributed by atoms with van der Waals surface area (Å²) in [6.07, 6.45) is 2.97. The predicted octanol–water partition coefficient (Wildman–Crippen LogP) is 5.29. The number of rotatable bonds is 16. The second-order valence-corrected chi connectivity index (χ2v) is 19.6. The van der Waals surface area contributed by atoms with Crippen LogP contribution in [0.25, 0.3) is 32.4 Å². The molecule has 5 heterocycles. The van der Waals surface area contributed by atoms with Gasteiger partial charge in [-0.3, -0.25) is 33.6 Å². The number of aromatic nitrogens is 5. The Hall–Kier alpha value is -6.50. The van der Waals surface area contributed by atoms with E-state index < -0.39 is 41.3 Å². The molecule has 6 N–H and O–H groups in total. The van der Waals surface area contributed by atoms with Gasteiger partial charge in [-0.05, 0) is 86.2 Å². The molecule has 3 aromatic heterocycles. The third kappa shape index (κ3) is 11.2. The Morgan fingerprint density at radius 1 is 0.985 bits per heavy atom. The lowest BCUT2D eigenvalue weighted by atomic mass is 9.85. The summed E-state index contributed by atoms with van der Waals surface area (Å²) in [6.45, 7) is 12.3. The number of carbonyl (C=O) groups excluding carboxylic acids is 5. The summed E-state index contributed by atoms with van der Waals surface area (Å²) in [5.74, 6) is -1.05. The first-order valence-electron chi connectivity index (χ1n) is 22.9. The Morgan fingerprint density at radius 3 is 2.51 bits per heavy atom. The first-order valence-corrected chi connectivity index (χ1v) is 23.8. The minimum absolute atomic E-state index is 0.0453. The average Bonchev–Trinajstić information content (AvgIpc) is 4.16. The highest BCUT2D eigenvalue weighted by Crippen LogP contribution is 2.29. The van der Waals surface area contributed by atoms with Crippen molar-refractivity contribution in [2.45, 2.75) is 111 Å². The number of benzene rings is 3. The number of aliphatic hydroxyl groups is 1. The highest BCUT2D eigenvalue weighted by Gasteiger charge is 2.44. The number of H-pyrrole nitrogens is 1. The minimum Gasteiger partial charge on any atom is -0.391 e. The van der Waals surface area contributed by atoms with E-state index in [2.05, 4.69) is 48.2 Å². The number of amides is 5. The van der Waals surface area contributed by atoms with Crippen LogP contribution in [0.2, 0.25) is 0 Å². The summed E-state index contributed by atoms with van der Waals surface area (Å²) in [5, 5.41) is 27.4. The molecule has 6 aromatic rings. The number of hydrogen-bond acceptors (Lipinski definition) is 11. The van der Waals surface area contributed by atoms with E-state index in [1.165, 1.54) is 17.7 Å². The number of nitrogens with one attached hydrogen (secondary N) is 5. The maximum Gasteiger partial charge on any atom is 0.255 e. The molecular formula is C49H59N11O6S. The molecule has 0 spiro atoms. The van der Waals surface area contributed by atoms with Gasteiger partial charge in [-0.1, -0.05) is 45.0 Å². The van der Waals surface area contributed by atoms with Crippen LogP contribution in [-0.4, -0.2) is 113 Å². The number of aliphatic hydroxyl groups excluding tert-OH is 1. The van der Waals surface area contributed by atoms with Gasteiger partial charge in [0.25, 0.3) is 5.91 Å². The Kier molecular flexibility index (Phi) is 14.1. The van der Waals surface area contributed by atoms with E-state index in [1.807, 2.05) is 76.2 Å². The van der Waals surface area contributed by atoms with Gasteiger partial charge in [0.1, 0.15) is 17.9 Å². The zero-order valence-electron chi connectivity index (χ0n) is 38.6. The third-order valence-electron chi connectivity index (χ3n) is 12.7. The zero-order chi connectivity index (χ0) is 47.4. The van der Waals surface area contributed by atoms with Gasteiger partial charge in [-0.15, -0.1) is 11.3 Å². The molecule has 8 rings (SSSR count). The average molecular weight is 930 g/mol. The Bertz CT molecular complexity index is 2770. The third-order valence-corrected chi connectivity index (χ3v) is 13.7. The van der Waals surface area contributed by atoms with Crippen LogP contribution in [0.4, 0.5) is 5.69 Å². The van der Waals surface area contributed by atoms with Crippen LogP contribution in [0, 0.1) is 12.3 Å². The maximum absolute atomic E-state index is 14.0. The van der Waals surface area contributed by atoms with E-state index in [9.17, 15) is 29.1 Å². The van der Waals surface area contributed by atoms with E-state index in [1.54, 1.807) is 39.9 Å².